The van der Waals surface area contributed by atoms with Gasteiger partial charge in [-0.1, -0.05) is 13.0 Å². The first-order chi connectivity index (χ1) is 9.24. The molecule has 1 aromatic rings. The van der Waals surface area contributed by atoms with E-state index in [9.17, 15) is 4.79 Å². The quantitative estimate of drug-likeness (QED) is 0.842. The summed E-state index contributed by atoms with van der Waals surface area (Å²) in [6.07, 6.45) is 1.16. The van der Waals surface area contributed by atoms with Crippen LogP contribution in [0.3, 0.4) is 0 Å². The zero-order valence-electron chi connectivity index (χ0n) is 11.1. The van der Waals surface area contributed by atoms with E-state index in [1.807, 2.05) is 25.1 Å². The molecule has 0 saturated carbocycles. The minimum Gasteiger partial charge on any atom is -0.486 e. The molecule has 0 aliphatic carbocycles. The summed E-state index contributed by atoms with van der Waals surface area (Å²) >= 11 is 0. The molecule has 0 fully saturated rings. The van der Waals surface area contributed by atoms with Crippen LogP contribution >= 0.6 is 0 Å². The van der Waals surface area contributed by atoms with Gasteiger partial charge in [-0.05, 0) is 24.1 Å². The summed E-state index contributed by atoms with van der Waals surface area (Å²) in [6.45, 7) is 3.54. The van der Waals surface area contributed by atoms with Crippen molar-refractivity contribution in [2.45, 2.75) is 25.8 Å². The van der Waals surface area contributed by atoms with Gasteiger partial charge in [0, 0.05) is 13.0 Å². The van der Waals surface area contributed by atoms with Crippen LogP contribution in [0, 0.1) is 0 Å². The Bertz CT molecular complexity index is 448. The number of nitrogens with one attached hydrogen (secondary N) is 1. The van der Waals surface area contributed by atoms with Gasteiger partial charge in [-0.3, -0.25) is 4.79 Å². The van der Waals surface area contributed by atoms with E-state index in [2.05, 4.69) is 5.32 Å². The first-order valence-corrected chi connectivity index (χ1v) is 6.63. The maximum absolute atomic E-state index is 11.6. The molecule has 5 heteroatoms. The van der Waals surface area contributed by atoms with Crippen molar-refractivity contribution < 1.29 is 14.3 Å². The highest BCUT2D eigenvalue weighted by atomic mass is 16.6. The fourth-order valence-electron chi connectivity index (χ4n) is 2.10. The number of nitrogens with two attached hydrogens (primary N) is 1. The zero-order chi connectivity index (χ0) is 13.7. The lowest BCUT2D eigenvalue weighted by Gasteiger charge is -2.22. The highest BCUT2D eigenvalue weighted by molar-refractivity contribution is 5.76. The van der Waals surface area contributed by atoms with Gasteiger partial charge < -0.3 is 20.5 Å². The summed E-state index contributed by atoms with van der Waals surface area (Å²) in [7, 11) is 0. The molecule has 1 heterocycles. The predicted molar refractivity (Wildman–Crippen MR) is 72.3 cm³/mol. The van der Waals surface area contributed by atoms with Crippen LogP contribution in [-0.2, 0) is 4.79 Å². The lowest BCUT2D eigenvalue weighted by molar-refractivity contribution is -0.121. The second-order valence-electron chi connectivity index (χ2n) is 4.47. The van der Waals surface area contributed by atoms with Crippen molar-refractivity contribution in [1.82, 2.24) is 5.32 Å². The normalized spacial score (nSPS) is 14.8. The van der Waals surface area contributed by atoms with Crippen molar-refractivity contribution in [3.63, 3.8) is 0 Å². The topological polar surface area (TPSA) is 73.6 Å². The summed E-state index contributed by atoms with van der Waals surface area (Å²) in [5.74, 6) is 1.48. The molecule has 1 aliphatic rings. The number of carbonyl (C=O) groups is 1. The van der Waals surface area contributed by atoms with E-state index in [1.165, 1.54) is 0 Å². The minimum absolute atomic E-state index is 0.0186. The highest BCUT2D eigenvalue weighted by Crippen LogP contribution is 2.33. The summed E-state index contributed by atoms with van der Waals surface area (Å²) in [6, 6.07) is 5.77. The van der Waals surface area contributed by atoms with Crippen LogP contribution in [-0.4, -0.2) is 25.7 Å². The van der Waals surface area contributed by atoms with Gasteiger partial charge in [0.15, 0.2) is 11.5 Å². The molecule has 3 N–H and O–H groups in total. The number of carbonyl (C=O) groups excluding carboxylic acids is 1. The van der Waals surface area contributed by atoms with E-state index in [4.69, 9.17) is 15.2 Å². The Balaban J connectivity index is 2.12. The lowest BCUT2D eigenvalue weighted by Crippen LogP contribution is -2.29. The van der Waals surface area contributed by atoms with Crippen LogP contribution < -0.4 is 20.5 Å². The SMILES string of the molecule is CCC(NC(=O)CCN)c1ccc2c(c1)OCCO2. The van der Waals surface area contributed by atoms with Crippen molar-refractivity contribution in [2.75, 3.05) is 19.8 Å². The van der Waals surface area contributed by atoms with Gasteiger partial charge in [-0.15, -0.1) is 0 Å². The highest BCUT2D eigenvalue weighted by Gasteiger charge is 2.17. The maximum Gasteiger partial charge on any atom is 0.221 e. The van der Waals surface area contributed by atoms with E-state index in [1.54, 1.807) is 0 Å². The van der Waals surface area contributed by atoms with Gasteiger partial charge in [0.25, 0.3) is 0 Å². The van der Waals surface area contributed by atoms with Crippen molar-refractivity contribution in [3.05, 3.63) is 23.8 Å². The fraction of sp³-hybridized carbons (Fsp3) is 0.500. The molecule has 0 saturated heterocycles. The van der Waals surface area contributed by atoms with Gasteiger partial charge in [0.2, 0.25) is 5.91 Å². The minimum atomic E-state index is -0.0239. The van der Waals surface area contributed by atoms with Crippen molar-refractivity contribution >= 4 is 5.91 Å². The summed E-state index contributed by atoms with van der Waals surface area (Å²) in [5, 5.41) is 2.98. The Morgan fingerprint density at radius 2 is 2.11 bits per heavy atom. The van der Waals surface area contributed by atoms with Crippen molar-refractivity contribution in [1.29, 1.82) is 0 Å². The summed E-state index contributed by atoms with van der Waals surface area (Å²) in [5.41, 5.74) is 6.40. The maximum atomic E-state index is 11.6. The van der Waals surface area contributed by atoms with Gasteiger partial charge in [0.05, 0.1) is 6.04 Å². The van der Waals surface area contributed by atoms with Gasteiger partial charge in [-0.25, -0.2) is 0 Å². The number of amides is 1. The number of benzene rings is 1. The number of hydrogen-bond donors (Lipinski definition) is 2. The number of fused-ring (bicyclic) bond motifs is 1. The Labute approximate surface area is 113 Å². The van der Waals surface area contributed by atoms with Crippen LogP contribution in [0.25, 0.3) is 0 Å². The van der Waals surface area contributed by atoms with E-state index >= 15 is 0 Å². The molecule has 0 aromatic heterocycles. The second-order valence-corrected chi connectivity index (χ2v) is 4.47. The lowest BCUT2D eigenvalue weighted by atomic mass is 10.0. The number of ether oxygens (including phenoxy) is 2. The molecule has 0 bridgehead atoms. The van der Waals surface area contributed by atoms with Gasteiger partial charge in [-0.2, -0.15) is 0 Å². The van der Waals surface area contributed by atoms with Crippen LogP contribution in [0.4, 0.5) is 0 Å². The average molecular weight is 264 g/mol. The third kappa shape index (κ3) is 3.38. The Kier molecular flexibility index (Phi) is 4.63. The molecule has 1 atom stereocenters. The molecule has 104 valence electrons. The fourth-order valence-corrected chi connectivity index (χ4v) is 2.10. The average Bonchev–Trinajstić information content (AvgIpc) is 2.44. The van der Waals surface area contributed by atoms with Crippen LogP contribution in [0.15, 0.2) is 18.2 Å². The Morgan fingerprint density at radius 3 is 2.79 bits per heavy atom. The van der Waals surface area contributed by atoms with Crippen LogP contribution in [0.1, 0.15) is 31.4 Å². The summed E-state index contributed by atoms with van der Waals surface area (Å²) < 4.78 is 11.0. The summed E-state index contributed by atoms with van der Waals surface area (Å²) in [4.78, 5) is 11.6. The van der Waals surface area contributed by atoms with E-state index in [-0.39, 0.29) is 11.9 Å². The second kappa shape index (κ2) is 6.43. The molecule has 1 unspecified atom stereocenters. The van der Waals surface area contributed by atoms with Crippen LogP contribution in [0.5, 0.6) is 11.5 Å². The van der Waals surface area contributed by atoms with E-state index < -0.39 is 0 Å². The van der Waals surface area contributed by atoms with Crippen LogP contribution in [0.2, 0.25) is 0 Å². The van der Waals surface area contributed by atoms with E-state index in [0.29, 0.717) is 26.2 Å². The van der Waals surface area contributed by atoms with Crippen molar-refractivity contribution in [3.8, 4) is 11.5 Å². The third-order valence-electron chi connectivity index (χ3n) is 3.08. The number of hydrogen-bond acceptors (Lipinski definition) is 4. The molecule has 0 radical (unpaired) electrons. The van der Waals surface area contributed by atoms with Gasteiger partial charge >= 0.3 is 0 Å². The molecular weight excluding hydrogens is 244 g/mol. The smallest absolute Gasteiger partial charge is 0.221 e. The predicted octanol–water partition coefficient (Wildman–Crippen LogP) is 1.37. The molecule has 5 nitrogen and oxygen atoms in total. The zero-order valence-corrected chi connectivity index (χ0v) is 11.1. The molecule has 1 amide bonds. The Hall–Kier alpha value is -1.75. The molecule has 1 aliphatic heterocycles. The van der Waals surface area contributed by atoms with Crippen molar-refractivity contribution in [2.24, 2.45) is 5.73 Å². The molecule has 19 heavy (non-hydrogen) atoms. The van der Waals surface area contributed by atoms with Gasteiger partial charge in [0.1, 0.15) is 13.2 Å². The number of rotatable bonds is 5. The molecule has 0 spiro atoms. The molecular formula is C14H20N2O3. The molecule has 1 aromatic carbocycles. The van der Waals surface area contributed by atoms with E-state index in [0.717, 1.165) is 23.5 Å². The molecule has 2 rings (SSSR count). The third-order valence-corrected chi connectivity index (χ3v) is 3.08. The largest absolute Gasteiger partial charge is 0.486 e. The first kappa shape index (κ1) is 13.7. The monoisotopic (exact) mass is 264 g/mol. The Morgan fingerprint density at radius 1 is 1.37 bits per heavy atom. The first-order valence-electron chi connectivity index (χ1n) is 6.63. The standard InChI is InChI=1S/C14H20N2O3/c1-2-11(16-14(17)5-6-15)10-3-4-12-13(9-10)19-8-7-18-12/h3-4,9,11H,2,5-8,15H2,1H3,(H,16,17).